The van der Waals surface area contributed by atoms with Crippen molar-refractivity contribution in [3.05, 3.63) is 48.5 Å². The van der Waals surface area contributed by atoms with Gasteiger partial charge in [-0.2, -0.15) is 0 Å². The SMILES string of the molecule is CN[C@H]1CCCN(C(=O)c2cccc(-n3ccnc3)c2)C1. The van der Waals surface area contributed by atoms with Gasteiger partial charge in [-0.1, -0.05) is 6.07 Å². The number of carbonyl (C=O) groups excluding carboxylic acids is 1. The molecule has 0 bridgehead atoms. The van der Waals surface area contributed by atoms with Crippen molar-refractivity contribution >= 4 is 5.91 Å². The summed E-state index contributed by atoms with van der Waals surface area (Å²) in [7, 11) is 1.96. The third-order valence-corrected chi connectivity index (χ3v) is 4.01. The van der Waals surface area contributed by atoms with Gasteiger partial charge < -0.3 is 14.8 Å². The highest BCUT2D eigenvalue weighted by molar-refractivity contribution is 5.94. The van der Waals surface area contributed by atoms with Crippen molar-refractivity contribution in [2.24, 2.45) is 0 Å². The van der Waals surface area contributed by atoms with Gasteiger partial charge in [0.2, 0.25) is 0 Å². The molecule has 1 aromatic carbocycles. The number of likely N-dealkylation sites (N-methyl/N-ethyl adjacent to an activating group) is 1. The Morgan fingerprint density at radius 3 is 3.10 bits per heavy atom. The molecule has 110 valence electrons. The van der Waals surface area contributed by atoms with E-state index in [4.69, 9.17) is 0 Å². The van der Waals surface area contributed by atoms with E-state index >= 15 is 0 Å². The fourth-order valence-corrected chi connectivity index (χ4v) is 2.79. The molecule has 2 heterocycles. The summed E-state index contributed by atoms with van der Waals surface area (Å²) in [6.07, 6.45) is 7.54. The molecule has 1 fully saturated rings. The Bertz CT molecular complexity index is 608. The quantitative estimate of drug-likeness (QED) is 0.933. The first-order chi connectivity index (χ1) is 10.3. The van der Waals surface area contributed by atoms with Crippen LogP contribution in [0.1, 0.15) is 23.2 Å². The number of nitrogens with one attached hydrogen (secondary N) is 1. The molecule has 5 heteroatoms. The fraction of sp³-hybridized carbons (Fsp3) is 0.375. The van der Waals surface area contributed by atoms with Crippen molar-refractivity contribution in [1.82, 2.24) is 19.8 Å². The van der Waals surface area contributed by atoms with Gasteiger partial charge in [-0.3, -0.25) is 4.79 Å². The first-order valence-electron chi connectivity index (χ1n) is 7.33. The lowest BCUT2D eigenvalue weighted by Gasteiger charge is -2.32. The number of piperidine rings is 1. The predicted molar refractivity (Wildman–Crippen MR) is 81.5 cm³/mol. The third kappa shape index (κ3) is 2.97. The topological polar surface area (TPSA) is 50.2 Å². The molecule has 5 nitrogen and oxygen atoms in total. The van der Waals surface area contributed by atoms with Crippen molar-refractivity contribution in [2.75, 3.05) is 20.1 Å². The minimum atomic E-state index is 0.108. The van der Waals surface area contributed by atoms with Crippen LogP contribution in [0, 0.1) is 0 Å². The van der Waals surface area contributed by atoms with Crippen molar-refractivity contribution < 1.29 is 4.79 Å². The summed E-state index contributed by atoms with van der Waals surface area (Å²) in [5.41, 5.74) is 1.69. The zero-order chi connectivity index (χ0) is 14.7. The number of nitrogens with zero attached hydrogens (tertiary/aromatic N) is 3. The Labute approximate surface area is 124 Å². The summed E-state index contributed by atoms with van der Waals surface area (Å²) in [5.74, 6) is 0.108. The van der Waals surface area contributed by atoms with E-state index in [2.05, 4.69) is 10.3 Å². The number of benzene rings is 1. The maximum Gasteiger partial charge on any atom is 0.253 e. The van der Waals surface area contributed by atoms with E-state index in [1.807, 2.05) is 47.0 Å². The van der Waals surface area contributed by atoms with Gasteiger partial charge in [-0.05, 0) is 38.1 Å². The second-order valence-corrected chi connectivity index (χ2v) is 5.40. The molecule has 0 unspecified atom stereocenters. The van der Waals surface area contributed by atoms with E-state index in [1.165, 1.54) is 0 Å². The van der Waals surface area contributed by atoms with E-state index in [-0.39, 0.29) is 5.91 Å². The molecule has 1 aliphatic rings. The number of aromatic nitrogens is 2. The van der Waals surface area contributed by atoms with Gasteiger partial charge >= 0.3 is 0 Å². The molecule has 1 aromatic heterocycles. The molecule has 0 saturated carbocycles. The Kier molecular flexibility index (Phi) is 4.01. The van der Waals surface area contributed by atoms with Gasteiger partial charge in [-0.25, -0.2) is 4.98 Å². The lowest BCUT2D eigenvalue weighted by molar-refractivity contribution is 0.0698. The fourth-order valence-electron chi connectivity index (χ4n) is 2.79. The predicted octanol–water partition coefficient (Wildman–Crippen LogP) is 1.70. The second-order valence-electron chi connectivity index (χ2n) is 5.40. The Morgan fingerprint density at radius 2 is 2.33 bits per heavy atom. The van der Waals surface area contributed by atoms with Crippen molar-refractivity contribution in [2.45, 2.75) is 18.9 Å². The molecule has 0 aliphatic carbocycles. The third-order valence-electron chi connectivity index (χ3n) is 4.01. The van der Waals surface area contributed by atoms with Crippen molar-refractivity contribution in [3.63, 3.8) is 0 Å². The van der Waals surface area contributed by atoms with Gasteiger partial charge in [0.1, 0.15) is 0 Å². The van der Waals surface area contributed by atoms with E-state index in [0.29, 0.717) is 6.04 Å². The largest absolute Gasteiger partial charge is 0.337 e. The van der Waals surface area contributed by atoms with E-state index in [0.717, 1.165) is 37.2 Å². The minimum Gasteiger partial charge on any atom is -0.337 e. The van der Waals surface area contributed by atoms with Gasteiger partial charge in [0.25, 0.3) is 5.91 Å². The number of amides is 1. The molecule has 1 amide bonds. The summed E-state index contributed by atoms with van der Waals surface area (Å²) in [6, 6.07) is 8.10. The summed E-state index contributed by atoms with van der Waals surface area (Å²) < 4.78 is 1.91. The maximum absolute atomic E-state index is 12.7. The van der Waals surface area contributed by atoms with Gasteiger partial charge in [-0.15, -0.1) is 0 Å². The number of hydrogen-bond donors (Lipinski definition) is 1. The Morgan fingerprint density at radius 1 is 1.43 bits per heavy atom. The van der Waals surface area contributed by atoms with Crippen LogP contribution in [0.2, 0.25) is 0 Å². The van der Waals surface area contributed by atoms with Crippen LogP contribution in [0.15, 0.2) is 43.0 Å². The molecule has 1 N–H and O–H groups in total. The van der Waals surface area contributed by atoms with Crippen LogP contribution in [0.25, 0.3) is 5.69 Å². The van der Waals surface area contributed by atoms with E-state index < -0.39 is 0 Å². The number of imidazole rings is 1. The average Bonchev–Trinajstić information content (AvgIpc) is 3.09. The molecule has 1 saturated heterocycles. The molecule has 1 aliphatic heterocycles. The first-order valence-corrected chi connectivity index (χ1v) is 7.33. The lowest BCUT2D eigenvalue weighted by Crippen LogP contribution is -2.46. The van der Waals surface area contributed by atoms with Crippen LogP contribution in [0.3, 0.4) is 0 Å². The van der Waals surface area contributed by atoms with Gasteiger partial charge in [0.05, 0.1) is 6.33 Å². The summed E-state index contributed by atoms with van der Waals surface area (Å²) in [5, 5.41) is 3.27. The molecular formula is C16H20N4O. The summed E-state index contributed by atoms with van der Waals surface area (Å²) >= 11 is 0. The van der Waals surface area contributed by atoms with Crippen LogP contribution >= 0.6 is 0 Å². The monoisotopic (exact) mass is 284 g/mol. The molecule has 1 atom stereocenters. The van der Waals surface area contributed by atoms with E-state index in [1.54, 1.807) is 12.5 Å². The molecule has 0 spiro atoms. The van der Waals surface area contributed by atoms with Crippen LogP contribution in [-0.4, -0.2) is 46.5 Å². The number of likely N-dealkylation sites (tertiary alicyclic amines) is 1. The number of carbonyl (C=O) groups is 1. The van der Waals surface area contributed by atoms with E-state index in [9.17, 15) is 4.79 Å². The normalized spacial score (nSPS) is 18.7. The minimum absolute atomic E-state index is 0.108. The van der Waals surface area contributed by atoms with Gasteiger partial charge in [0, 0.05) is 42.8 Å². The maximum atomic E-state index is 12.7. The van der Waals surface area contributed by atoms with Crippen LogP contribution < -0.4 is 5.32 Å². The highest BCUT2D eigenvalue weighted by atomic mass is 16.2. The standard InChI is InChI=1S/C16H20N4O/c1-17-14-5-3-8-19(11-14)16(21)13-4-2-6-15(10-13)20-9-7-18-12-20/h2,4,6-7,9-10,12,14,17H,3,5,8,11H2,1H3/t14-/m0/s1. The lowest BCUT2D eigenvalue weighted by atomic mass is 10.0. The van der Waals surface area contributed by atoms with Gasteiger partial charge in [0.15, 0.2) is 0 Å². The summed E-state index contributed by atoms with van der Waals surface area (Å²) in [6.45, 7) is 1.62. The second kappa shape index (κ2) is 6.10. The highest BCUT2D eigenvalue weighted by Gasteiger charge is 2.23. The summed E-state index contributed by atoms with van der Waals surface area (Å²) in [4.78, 5) is 18.6. The number of rotatable bonds is 3. The molecular weight excluding hydrogens is 264 g/mol. The molecule has 3 rings (SSSR count). The number of hydrogen-bond acceptors (Lipinski definition) is 3. The van der Waals surface area contributed by atoms with Crippen LogP contribution in [0.4, 0.5) is 0 Å². The highest BCUT2D eigenvalue weighted by Crippen LogP contribution is 2.16. The Hall–Kier alpha value is -2.14. The first kappa shape index (κ1) is 13.8. The smallest absolute Gasteiger partial charge is 0.253 e. The average molecular weight is 284 g/mol. The zero-order valence-electron chi connectivity index (χ0n) is 12.2. The Balaban J connectivity index is 1.80. The molecule has 0 radical (unpaired) electrons. The van der Waals surface area contributed by atoms with Crippen molar-refractivity contribution in [1.29, 1.82) is 0 Å². The zero-order valence-corrected chi connectivity index (χ0v) is 12.2. The van der Waals surface area contributed by atoms with Crippen LogP contribution in [0.5, 0.6) is 0 Å². The molecule has 21 heavy (non-hydrogen) atoms. The van der Waals surface area contributed by atoms with Crippen LogP contribution in [-0.2, 0) is 0 Å². The van der Waals surface area contributed by atoms with Crippen molar-refractivity contribution in [3.8, 4) is 5.69 Å². The molecule has 2 aromatic rings.